The van der Waals surface area contributed by atoms with E-state index in [1.165, 1.54) is 0 Å². The molecule has 1 N–H and O–H groups in total. The zero-order valence-corrected chi connectivity index (χ0v) is 10.3. The molecule has 1 aliphatic rings. The minimum Gasteiger partial charge on any atom is -0.508 e. The Kier molecular flexibility index (Phi) is 3.03. The molecule has 3 heteroatoms. The Labute approximate surface area is 101 Å². The van der Waals surface area contributed by atoms with E-state index in [4.69, 9.17) is 0 Å². The first-order chi connectivity index (χ1) is 8.09. The first-order valence-corrected chi connectivity index (χ1v) is 5.99. The summed E-state index contributed by atoms with van der Waals surface area (Å²) in [5, 5.41) is 9.57. The second kappa shape index (κ2) is 4.34. The zero-order valence-electron chi connectivity index (χ0n) is 10.3. The van der Waals surface area contributed by atoms with Crippen LogP contribution in [0.15, 0.2) is 17.1 Å². The summed E-state index contributed by atoms with van der Waals surface area (Å²) in [5.74, 6) is 0.270. The van der Waals surface area contributed by atoms with Crippen molar-refractivity contribution in [2.75, 3.05) is 0 Å². The molecule has 17 heavy (non-hydrogen) atoms. The van der Waals surface area contributed by atoms with Crippen LogP contribution in [0.25, 0.3) is 0 Å². The summed E-state index contributed by atoms with van der Waals surface area (Å²) < 4.78 is 0. The fourth-order valence-corrected chi connectivity index (χ4v) is 3.14. The summed E-state index contributed by atoms with van der Waals surface area (Å²) in [4.78, 5) is 14.8. The number of aliphatic imine (C=N–C) groups is 1. The van der Waals surface area contributed by atoms with E-state index in [1.807, 2.05) is 13.8 Å². The van der Waals surface area contributed by atoms with E-state index in [-0.39, 0.29) is 5.75 Å². The third kappa shape index (κ3) is 1.98. The smallest absolute Gasteiger partial charge is 0.235 e. The predicted molar refractivity (Wildman–Crippen MR) is 65.8 cm³/mol. The summed E-state index contributed by atoms with van der Waals surface area (Å²) in [6.07, 6.45) is 5.70. The molecule has 0 amide bonds. The monoisotopic (exact) mass is 231 g/mol. The molecule has 1 aromatic rings. The van der Waals surface area contributed by atoms with E-state index in [0.717, 1.165) is 42.4 Å². The Morgan fingerprint density at radius 3 is 2.24 bits per heavy atom. The van der Waals surface area contributed by atoms with Crippen molar-refractivity contribution >= 4 is 6.08 Å². The lowest BCUT2D eigenvalue weighted by atomic mass is 9.83. The van der Waals surface area contributed by atoms with Gasteiger partial charge in [0, 0.05) is 0 Å². The Morgan fingerprint density at radius 2 is 1.76 bits per heavy atom. The number of carbonyl (C=O) groups excluding carboxylic acids is 1. The molecule has 0 spiro atoms. The number of aryl methyl sites for hydroxylation is 2. The van der Waals surface area contributed by atoms with Gasteiger partial charge in [-0.2, -0.15) is 4.99 Å². The summed E-state index contributed by atoms with van der Waals surface area (Å²) in [6.45, 7) is 3.92. The van der Waals surface area contributed by atoms with Gasteiger partial charge in [0.05, 0.1) is 5.54 Å². The zero-order chi connectivity index (χ0) is 12.5. The number of hydrogen-bond donors (Lipinski definition) is 1. The van der Waals surface area contributed by atoms with Crippen LogP contribution in [-0.4, -0.2) is 11.2 Å². The highest BCUT2D eigenvalue weighted by Crippen LogP contribution is 2.45. The molecule has 1 aromatic carbocycles. The Bertz CT molecular complexity index is 458. The molecule has 0 atom stereocenters. The summed E-state index contributed by atoms with van der Waals surface area (Å²) in [6, 6.07) is 3.48. The van der Waals surface area contributed by atoms with Gasteiger partial charge < -0.3 is 5.11 Å². The largest absolute Gasteiger partial charge is 0.508 e. The lowest BCUT2D eigenvalue weighted by molar-refractivity contribution is 0.446. The normalized spacial score (nSPS) is 17.8. The SMILES string of the molecule is Cc1cc(O)cc(C)c1C1(N=C=O)CCCC1. The molecular formula is C14H17NO2. The van der Waals surface area contributed by atoms with Gasteiger partial charge >= 0.3 is 0 Å². The van der Waals surface area contributed by atoms with Gasteiger partial charge in [-0.1, -0.05) is 12.8 Å². The lowest BCUT2D eigenvalue weighted by Crippen LogP contribution is -2.21. The molecule has 0 radical (unpaired) electrons. The molecule has 0 saturated heterocycles. The molecule has 0 unspecified atom stereocenters. The van der Waals surface area contributed by atoms with Crippen LogP contribution >= 0.6 is 0 Å². The molecule has 0 aliphatic heterocycles. The highest BCUT2D eigenvalue weighted by atomic mass is 16.3. The molecule has 2 rings (SSSR count). The van der Waals surface area contributed by atoms with Crippen LogP contribution in [0.3, 0.4) is 0 Å². The van der Waals surface area contributed by atoms with E-state index >= 15 is 0 Å². The van der Waals surface area contributed by atoms with E-state index in [2.05, 4.69) is 4.99 Å². The number of rotatable bonds is 2. The first-order valence-electron chi connectivity index (χ1n) is 5.99. The number of phenolic OH excluding ortho intramolecular Hbond substituents is 1. The van der Waals surface area contributed by atoms with Gasteiger partial charge in [-0.15, -0.1) is 0 Å². The van der Waals surface area contributed by atoms with Gasteiger partial charge in [0.1, 0.15) is 5.75 Å². The standard InChI is InChI=1S/C14H17NO2/c1-10-7-12(17)8-11(2)13(10)14(15-9-16)5-3-4-6-14/h7-8,17H,3-6H2,1-2H3. The second-order valence-electron chi connectivity index (χ2n) is 4.90. The number of isocyanates is 1. The number of aromatic hydroxyl groups is 1. The Hall–Kier alpha value is -1.60. The maximum Gasteiger partial charge on any atom is 0.235 e. The lowest BCUT2D eigenvalue weighted by Gasteiger charge is -2.27. The minimum absolute atomic E-state index is 0.270. The van der Waals surface area contributed by atoms with Gasteiger partial charge in [-0.3, -0.25) is 0 Å². The quantitative estimate of drug-likeness (QED) is 0.628. The third-order valence-electron chi connectivity index (χ3n) is 3.67. The van der Waals surface area contributed by atoms with Crippen molar-refractivity contribution in [1.29, 1.82) is 0 Å². The molecule has 1 aliphatic carbocycles. The summed E-state index contributed by atoms with van der Waals surface area (Å²) in [5.41, 5.74) is 2.70. The maximum atomic E-state index is 10.7. The molecule has 1 fully saturated rings. The average Bonchev–Trinajstić information content (AvgIpc) is 2.66. The number of benzene rings is 1. The van der Waals surface area contributed by atoms with Gasteiger partial charge in [0.2, 0.25) is 6.08 Å². The van der Waals surface area contributed by atoms with Crippen LogP contribution in [0.5, 0.6) is 5.75 Å². The van der Waals surface area contributed by atoms with Crippen molar-refractivity contribution in [3.8, 4) is 5.75 Å². The van der Waals surface area contributed by atoms with Crippen LogP contribution in [0.1, 0.15) is 42.4 Å². The second-order valence-corrected chi connectivity index (χ2v) is 4.90. The van der Waals surface area contributed by atoms with E-state index < -0.39 is 5.54 Å². The van der Waals surface area contributed by atoms with Crippen LogP contribution in [0.4, 0.5) is 0 Å². The fourth-order valence-electron chi connectivity index (χ4n) is 3.14. The Morgan fingerprint density at radius 1 is 1.24 bits per heavy atom. The van der Waals surface area contributed by atoms with E-state index in [1.54, 1.807) is 18.2 Å². The number of nitrogens with zero attached hydrogens (tertiary/aromatic N) is 1. The molecule has 0 aromatic heterocycles. The van der Waals surface area contributed by atoms with Crippen LogP contribution in [0.2, 0.25) is 0 Å². The highest BCUT2D eigenvalue weighted by molar-refractivity contribution is 5.47. The molecule has 1 saturated carbocycles. The molecule has 90 valence electrons. The fraction of sp³-hybridized carbons (Fsp3) is 0.500. The van der Waals surface area contributed by atoms with Gasteiger partial charge in [-0.25, -0.2) is 4.79 Å². The summed E-state index contributed by atoms with van der Waals surface area (Å²) in [7, 11) is 0. The van der Waals surface area contributed by atoms with Crippen LogP contribution < -0.4 is 0 Å². The molecule has 0 heterocycles. The van der Waals surface area contributed by atoms with Crippen molar-refractivity contribution in [2.45, 2.75) is 45.1 Å². The van der Waals surface area contributed by atoms with Crippen LogP contribution in [-0.2, 0) is 10.3 Å². The average molecular weight is 231 g/mol. The van der Waals surface area contributed by atoms with Gasteiger partial charge in [0.15, 0.2) is 0 Å². The third-order valence-corrected chi connectivity index (χ3v) is 3.67. The summed E-state index contributed by atoms with van der Waals surface area (Å²) >= 11 is 0. The maximum absolute atomic E-state index is 10.7. The van der Waals surface area contributed by atoms with Gasteiger partial charge in [0.25, 0.3) is 0 Å². The van der Waals surface area contributed by atoms with Gasteiger partial charge in [-0.05, 0) is 55.5 Å². The van der Waals surface area contributed by atoms with Crippen molar-refractivity contribution in [3.05, 3.63) is 28.8 Å². The number of hydrogen-bond acceptors (Lipinski definition) is 3. The van der Waals surface area contributed by atoms with Crippen molar-refractivity contribution < 1.29 is 9.90 Å². The van der Waals surface area contributed by atoms with E-state index in [0.29, 0.717) is 0 Å². The Balaban J connectivity index is 2.61. The minimum atomic E-state index is -0.399. The predicted octanol–water partition coefficient (Wildman–Crippen LogP) is 3.11. The van der Waals surface area contributed by atoms with Crippen molar-refractivity contribution in [3.63, 3.8) is 0 Å². The molecule has 3 nitrogen and oxygen atoms in total. The van der Waals surface area contributed by atoms with E-state index in [9.17, 15) is 9.90 Å². The van der Waals surface area contributed by atoms with Crippen molar-refractivity contribution in [1.82, 2.24) is 0 Å². The van der Waals surface area contributed by atoms with Crippen LogP contribution in [0, 0.1) is 13.8 Å². The number of phenols is 1. The first kappa shape index (κ1) is 11.9. The topological polar surface area (TPSA) is 49.7 Å². The highest BCUT2D eigenvalue weighted by Gasteiger charge is 2.37. The molecule has 0 bridgehead atoms. The van der Waals surface area contributed by atoms with Crippen molar-refractivity contribution in [2.24, 2.45) is 4.99 Å². The molecular weight excluding hydrogens is 214 g/mol.